The van der Waals surface area contributed by atoms with Gasteiger partial charge in [-0.05, 0) is 6.42 Å². The molecular weight excluding hydrogens is 230 g/mol. The number of rotatable bonds is 6. The quantitative estimate of drug-likeness (QED) is 0.793. The van der Waals surface area contributed by atoms with E-state index in [1.165, 1.54) is 0 Å². The Kier molecular flexibility index (Phi) is 3.86. The van der Waals surface area contributed by atoms with Crippen molar-refractivity contribution in [1.82, 2.24) is 19.3 Å². The zero-order chi connectivity index (χ0) is 13.0. The summed E-state index contributed by atoms with van der Waals surface area (Å²) in [6.07, 6.45) is 5.93. The molecule has 0 amide bonds. The van der Waals surface area contributed by atoms with Crippen LogP contribution in [-0.2, 0) is 7.05 Å². The van der Waals surface area contributed by atoms with Gasteiger partial charge in [-0.2, -0.15) is 5.10 Å². The summed E-state index contributed by atoms with van der Waals surface area (Å²) in [4.78, 5) is 4.29. The van der Waals surface area contributed by atoms with E-state index in [0.29, 0.717) is 0 Å². The zero-order valence-corrected chi connectivity index (χ0v) is 11.1. The lowest BCUT2D eigenvalue weighted by Gasteiger charge is -2.06. The largest absolute Gasteiger partial charge is 0.481 e. The van der Waals surface area contributed by atoms with Gasteiger partial charge >= 0.3 is 0 Å². The lowest BCUT2D eigenvalue weighted by Crippen LogP contribution is -2.07. The molecule has 1 N–H and O–H groups in total. The minimum atomic E-state index is 0.721. The number of hydrogen-bond donors (Lipinski definition) is 1. The number of ether oxygens (including phenoxy) is 1. The van der Waals surface area contributed by atoms with Gasteiger partial charge in [0.25, 0.3) is 0 Å². The molecule has 2 heterocycles. The van der Waals surface area contributed by atoms with Gasteiger partial charge in [-0.25, -0.2) is 9.67 Å². The van der Waals surface area contributed by atoms with Crippen LogP contribution in [0.1, 0.15) is 19.8 Å². The summed E-state index contributed by atoms with van der Waals surface area (Å²) in [5.74, 6) is 2.33. The Balaban J connectivity index is 2.19. The maximum atomic E-state index is 5.21. The van der Waals surface area contributed by atoms with Gasteiger partial charge in [-0.1, -0.05) is 13.3 Å². The van der Waals surface area contributed by atoms with Crippen molar-refractivity contribution >= 4 is 5.95 Å². The molecule has 0 aromatic carbocycles. The number of aromatic nitrogens is 4. The number of methoxy groups -OCH3 is 1. The van der Waals surface area contributed by atoms with Gasteiger partial charge in [0, 0.05) is 32.1 Å². The minimum Gasteiger partial charge on any atom is -0.481 e. The van der Waals surface area contributed by atoms with E-state index in [0.717, 1.165) is 37.0 Å². The van der Waals surface area contributed by atoms with E-state index in [1.807, 2.05) is 23.9 Å². The molecule has 0 saturated carbocycles. The molecule has 2 rings (SSSR count). The van der Waals surface area contributed by atoms with Gasteiger partial charge in [0.2, 0.25) is 11.8 Å². The van der Waals surface area contributed by atoms with Crippen LogP contribution in [0.3, 0.4) is 0 Å². The maximum Gasteiger partial charge on any atom is 0.213 e. The standard InChI is InChI=1S/C12H19N5O/c1-4-5-6-13-12-14-7-8-17(12)10-9-11(18-3)16(2)15-10/h7-9H,4-6H2,1-3H3,(H,13,14). The van der Waals surface area contributed by atoms with Gasteiger partial charge in [0.1, 0.15) is 0 Å². The lowest BCUT2D eigenvalue weighted by molar-refractivity contribution is 0.373. The summed E-state index contributed by atoms with van der Waals surface area (Å²) < 4.78 is 8.82. The molecule has 0 bridgehead atoms. The van der Waals surface area contributed by atoms with E-state index in [2.05, 4.69) is 22.3 Å². The molecule has 0 fully saturated rings. The first-order valence-corrected chi connectivity index (χ1v) is 6.12. The third kappa shape index (κ3) is 2.47. The first-order valence-electron chi connectivity index (χ1n) is 6.12. The fraction of sp³-hybridized carbons (Fsp3) is 0.500. The van der Waals surface area contributed by atoms with Crippen molar-refractivity contribution in [2.45, 2.75) is 19.8 Å². The summed E-state index contributed by atoms with van der Waals surface area (Å²) in [6, 6.07) is 1.88. The highest BCUT2D eigenvalue weighted by molar-refractivity contribution is 5.39. The first kappa shape index (κ1) is 12.5. The highest BCUT2D eigenvalue weighted by Crippen LogP contribution is 2.18. The van der Waals surface area contributed by atoms with Crippen molar-refractivity contribution in [3.8, 4) is 11.7 Å². The van der Waals surface area contributed by atoms with Crippen molar-refractivity contribution in [2.75, 3.05) is 19.0 Å². The SMILES string of the molecule is CCCCNc1nccn1-c1cc(OC)n(C)n1. The van der Waals surface area contributed by atoms with Crippen LogP contribution in [0.4, 0.5) is 5.95 Å². The molecule has 18 heavy (non-hydrogen) atoms. The Morgan fingerprint density at radius 3 is 2.94 bits per heavy atom. The van der Waals surface area contributed by atoms with Crippen molar-refractivity contribution in [2.24, 2.45) is 7.05 Å². The smallest absolute Gasteiger partial charge is 0.213 e. The average Bonchev–Trinajstić information content (AvgIpc) is 2.95. The second-order valence-corrected chi connectivity index (χ2v) is 4.07. The molecule has 98 valence electrons. The zero-order valence-electron chi connectivity index (χ0n) is 11.1. The molecule has 0 aliphatic heterocycles. The molecule has 0 unspecified atom stereocenters. The van der Waals surface area contributed by atoms with E-state index in [1.54, 1.807) is 18.0 Å². The van der Waals surface area contributed by atoms with Crippen LogP contribution in [-0.4, -0.2) is 33.0 Å². The van der Waals surface area contributed by atoms with Crippen LogP contribution in [0, 0.1) is 0 Å². The number of anilines is 1. The summed E-state index contributed by atoms with van der Waals surface area (Å²) in [6.45, 7) is 3.08. The average molecular weight is 249 g/mol. The Morgan fingerprint density at radius 2 is 2.28 bits per heavy atom. The molecule has 0 aliphatic rings. The Labute approximate surface area is 107 Å². The topological polar surface area (TPSA) is 56.9 Å². The van der Waals surface area contributed by atoms with Crippen molar-refractivity contribution < 1.29 is 4.74 Å². The molecule has 6 nitrogen and oxygen atoms in total. The Hall–Kier alpha value is -1.98. The summed E-state index contributed by atoms with van der Waals surface area (Å²) >= 11 is 0. The monoisotopic (exact) mass is 249 g/mol. The normalized spacial score (nSPS) is 10.6. The molecule has 6 heteroatoms. The Bertz CT molecular complexity index is 502. The minimum absolute atomic E-state index is 0.721. The van der Waals surface area contributed by atoms with Gasteiger partial charge in [-0.15, -0.1) is 0 Å². The van der Waals surface area contributed by atoms with Crippen molar-refractivity contribution in [3.05, 3.63) is 18.5 Å². The van der Waals surface area contributed by atoms with Crippen LogP contribution in [0.2, 0.25) is 0 Å². The third-order valence-corrected chi connectivity index (χ3v) is 2.73. The van der Waals surface area contributed by atoms with Crippen LogP contribution >= 0.6 is 0 Å². The predicted molar refractivity (Wildman–Crippen MR) is 70.3 cm³/mol. The van der Waals surface area contributed by atoms with Crippen LogP contribution in [0.5, 0.6) is 5.88 Å². The first-order chi connectivity index (χ1) is 8.76. The van der Waals surface area contributed by atoms with Crippen molar-refractivity contribution in [3.63, 3.8) is 0 Å². The van der Waals surface area contributed by atoms with Gasteiger partial charge in [0.05, 0.1) is 7.11 Å². The molecule has 0 atom stereocenters. The number of nitrogens with one attached hydrogen (secondary N) is 1. The summed E-state index contributed by atoms with van der Waals surface area (Å²) in [5.41, 5.74) is 0. The maximum absolute atomic E-state index is 5.21. The van der Waals surface area contributed by atoms with E-state index in [4.69, 9.17) is 4.74 Å². The molecule has 0 aliphatic carbocycles. The third-order valence-electron chi connectivity index (χ3n) is 2.73. The van der Waals surface area contributed by atoms with Gasteiger partial charge < -0.3 is 10.1 Å². The molecular formula is C12H19N5O. The molecule has 2 aromatic heterocycles. The number of hydrogen-bond acceptors (Lipinski definition) is 4. The molecule has 0 radical (unpaired) electrons. The van der Waals surface area contributed by atoms with E-state index < -0.39 is 0 Å². The van der Waals surface area contributed by atoms with Gasteiger partial charge in [-0.3, -0.25) is 4.57 Å². The van der Waals surface area contributed by atoms with Gasteiger partial charge in [0.15, 0.2) is 5.82 Å². The second kappa shape index (κ2) is 5.57. The van der Waals surface area contributed by atoms with E-state index >= 15 is 0 Å². The highest BCUT2D eigenvalue weighted by Gasteiger charge is 2.10. The number of nitrogens with zero attached hydrogens (tertiary/aromatic N) is 4. The highest BCUT2D eigenvalue weighted by atomic mass is 16.5. The Morgan fingerprint density at radius 1 is 1.44 bits per heavy atom. The second-order valence-electron chi connectivity index (χ2n) is 4.07. The lowest BCUT2D eigenvalue weighted by atomic mass is 10.3. The van der Waals surface area contributed by atoms with Crippen molar-refractivity contribution in [1.29, 1.82) is 0 Å². The number of imidazole rings is 1. The summed E-state index contributed by atoms with van der Waals surface area (Å²) in [5, 5.41) is 7.69. The van der Waals surface area contributed by atoms with Crippen LogP contribution in [0.25, 0.3) is 5.82 Å². The van der Waals surface area contributed by atoms with Crippen LogP contribution < -0.4 is 10.1 Å². The predicted octanol–water partition coefficient (Wildman–Crippen LogP) is 1.83. The summed E-state index contributed by atoms with van der Waals surface area (Å²) in [7, 11) is 3.48. The van der Waals surface area contributed by atoms with E-state index in [9.17, 15) is 0 Å². The fourth-order valence-corrected chi connectivity index (χ4v) is 1.74. The molecule has 0 spiro atoms. The molecule has 2 aromatic rings. The number of unbranched alkanes of at least 4 members (excludes halogenated alkanes) is 1. The van der Waals surface area contributed by atoms with Crippen LogP contribution in [0.15, 0.2) is 18.5 Å². The fourth-order valence-electron chi connectivity index (χ4n) is 1.74. The molecule has 0 saturated heterocycles. The van der Waals surface area contributed by atoms with E-state index in [-0.39, 0.29) is 0 Å². The number of aryl methyl sites for hydroxylation is 1.